The third-order valence-corrected chi connectivity index (χ3v) is 4.95. The first-order chi connectivity index (χ1) is 10.6. The summed E-state index contributed by atoms with van der Waals surface area (Å²) in [6, 6.07) is 3.78. The zero-order valence-electron chi connectivity index (χ0n) is 13.1. The number of carbonyl (C=O) groups is 1. The van der Waals surface area contributed by atoms with Gasteiger partial charge < -0.3 is 20.8 Å². The fourth-order valence-corrected chi connectivity index (χ4v) is 3.48. The molecule has 1 saturated carbocycles. The van der Waals surface area contributed by atoms with Crippen LogP contribution in [0.25, 0.3) is 0 Å². The fraction of sp³-hybridized carbons (Fsp3) is 0.600. The van der Waals surface area contributed by atoms with Crippen LogP contribution in [0.15, 0.2) is 21.5 Å². The highest BCUT2D eigenvalue weighted by molar-refractivity contribution is 7.99. The number of nitrogens with zero attached hydrogens (tertiary/aromatic N) is 1. The SMILES string of the molecule is CN=C(NCc1ccc(C(N)=O)o1)NC1CCCC(SC)C1. The van der Waals surface area contributed by atoms with Crippen molar-refractivity contribution in [3.63, 3.8) is 0 Å². The molecule has 0 bridgehead atoms. The van der Waals surface area contributed by atoms with Gasteiger partial charge in [-0.2, -0.15) is 11.8 Å². The summed E-state index contributed by atoms with van der Waals surface area (Å²) >= 11 is 1.94. The van der Waals surface area contributed by atoms with Gasteiger partial charge in [-0.3, -0.25) is 9.79 Å². The molecule has 4 N–H and O–H groups in total. The average molecular weight is 324 g/mol. The Morgan fingerprint density at radius 1 is 1.50 bits per heavy atom. The van der Waals surface area contributed by atoms with Crippen LogP contribution >= 0.6 is 11.8 Å². The number of guanidine groups is 1. The lowest BCUT2D eigenvalue weighted by atomic mass is 9.95. The molecule has 0 saturated heterocycles. The molecule has 122 valence electrons. The van der Waals surface area contributed by atoms with Crippen molar-refractivity contribution in [2.24, 2.45) is 10.7 Å². The predicted molar refractivity (Wildman–Crippen MR) is 90.1 cm³/mol. The number of hydrogen-bond acceptors (Lipinski definition) is 4. The summed E-state index contributed by atoms with van der Waals surface area (Å²) in [5, 5.41) is 7.40. The molecule has 0 aliphatic heterocycles. The van der Waals surface area contributed by atoms with Gasteiger partial charge in [0.25, 0.3) is 5.91 Å². The van der Waals surface area contributed by atoms with Crippen molar-refractivity contribution in [1.29, 1.82) is 0 Å². The molecule has 7 heteroatoms. The minimum atomic E-state index is -0.556. The van der Waals surface area contributed by atoms with Gasteiger partial charge in [-0.1, -0.05) is 6.42 Å². The normalized spacial score (nSPS) is 22.4. The monoisotopic (exact) mass is 324 g/mol. The van der Waals surface area contributed by atoms with Crippen LogP contribution < -0.4 is 16.4 Å². The maximum absolute atomic E-state index is 11.0. The molecule has 0 radical (unpaired) electrons. The van der Waals surface area contributed by atoms with E-state index >= 15 is 0 Å². The quantitative estimate of drug-likeness (QED) is 0.566. The molecule has 1 heterocycles. The minimum Gasteiger partial charge on any atom is -0.454 e. The van der Waals surface area contributed by atoms with Crippen molar-refractivity contribution in [2.45, 2.75) is 43.5 Å². The van der Waals surface area contributed by atoms with E-state index in [0.29, 0.717) is 18.3 Å². The number of aliphatic imine (C=N–C) groups is 1. The Labute approximate surface area is 135 Å². The van der Waals surface area contributed by atoms with Gasteiger partial charge in [0, 0.05) is 18.3 Å². The Morgan fingerprint density at radius 3 is 2.95 bits per heavy atom. The van der Waals surface area contributed by atoms with Crippen molar-refractivity contribution < 1.29 is 9.21 Å². The molecule has 1 aromatic heterocycles. The van der Waals surface area contributed by atoms with Crippen LogP contribution in [0.1, 0.15) is 42.0 Å². The molecule has 0 spiro atoms. The van der Waals surface area contributed by atoms with E-state index in [1.165, 1.54) is 19.3 Å². The van der Waals surface area contributed by atoms with E-state index < -0.39 is 5.91 Å². The van der Waals surface area contributed by atoms with E-state index in [4.69, 9.17) is 10.2 Å². The maximum atomic E-state index is 11.0. The molecule has 1 aliphatic rings. The second-order valence-electron chi connectivity index (χ2n) is 5.42. The molecule has 2 atom stereocenters. The van der Waals surface area contributed by atoms with E-state index in [9.17, 15) is 4.79 Å². The van der Waals surface area contributed by atoms with Crippen LogP contribution in [0.3, 0.4) is 0 Å². The highest BCUT2D eigenvalue weighted by Crippen LogP contribution is 2.26. The van der Waals surface area contributed by atoms with Gasteiger partial charge in [0.05, 0.1) is 6.54 Å². The molecular formula is C15H24N4O2S. The van der Waals surface area contributed by atoms with Crippen LogP contribution in [0, 0.1) is 0 Å². The maximum Gasteiger partial charge on any atom is 0.284 e. The molecule has 2 unspecified atom stereocenters. The second kappa shape index (κ2) is 8.12. The second-order valence-corrected chi connectivity index (χ2v) is 6.56. The highest BCUT2D eigenvalue weighted by atomic mass is 32.2. The zero-order valence-corrected chi connectivity index (χ0v) is 13.9. The fourth-order valence-electron chi connectivity index (χ4n) is 2.65. The van der Waals surface area contributed by atoms with E-state index in [2.05, 4.69) is 21.9 Å². The minimum absolute atomic E-state index is 0.176. The Balaban J connectivity index is 1.83. The van der Waals surface area contributed by atoms with Crippen LogP contribution in [0.4, 0.5) is 0 Å². The van der Waals surface area contributed by atoms with Crippen molar-refractivity contribution >= 4 is 23.6 Å². The lowest BCUT2D eigenvalue weighted by Gasteiger charge is -2.29. The van der Waals surface area contributed by atoms with Gasteiger partial charge in [-0.05, 0) is 37.7 Å². The van der Waals surface area contributed by atoms with Crippen molar-refractivity contribution in [3.05, 3.63) is 23.7 Å². The summed E-state index contributed by atoms with van der Waals surface area (Å²) in [6.07, 6.45) is 7.06. The Hall–Kier alpha value is -1.63. The molecular weight excluding hydrogens is 300 g/mol. The first kappa shape index (κ1) is 16.7. The van der Waals surface area contributed by atoms with E-state index in [1.807, 2.05) is 11.8 Å². The van der Waals surface area contributed by atoms with Gasteiger partial charge >= 0.3 is 0 Å². The molecule has 1 aromatic rings. The molecule has 22 heavy (non-hydrogen) atoms. The molecule has 1 aliphatic carbocycles. The van der Waals surface area contributed by atoms with Crippen molar-refractivity contribution in [2.75, 3.05) is 13.3 Å². The molecule has 0 aromatic carbocycles. The van der Waals surface area contributed by atoms with Crippen LogP contribution in [-0.2, 0) is 6.54 Å². The summed E-state index contributed by atoms with van der Waals surface area (Å²) in [7, 11) is 1.75. The largest absolute Gasteiger partial charge is 0.454 e. The summed E-state index contributed by atoms with van der Waals surface area (Å²) in [5.41, 5.74) is 5.17. The smallest absolute Gasteiger partial charge is 0.284 e. The first-order valence-corrected chi connectivity index (χ1v) is 8.79. The summed E-state index contributed by atoms with van der Waals surface area (Å²) in [5.74, 6) is 1.03. The molecule has 6 nitrogen and oxygen atoms in total. The highest BCUT2D eigenvalue weighted by Gasteiger charge is 2.21. The number of hydrogen-bond donors (Lipinski definition) is 3. The molecule has 1 fully saturated rings. The van der Waals surface area contributed by atoms with E-state index in [0.717, 1.165) is 17.6 Å². The van der Waals surface area contributed by atoms with E-state index in [-0.39, 0.29) is 5.76 Å². The summed E-state index contributed by atoms with van der Waals surface area (Å²) < 4.78 is 5.34. The third-order valence-electron chi connectivity index (χ3n) is 3.86. The number of carbonyl (C=O) groups excluding carboxylic acids is 1. The van der Waals surface area contributed by atoms with Crippen LogP contribution in [0.2, 0.25) is 0 Å². The topological polar surface area (TPSA) is 92.6 Å². The zero-order chi connectivity index (χ0) is 15.9. The first-order valence-electron chi connectivity index (χ1n) is 7.51. The Morgan fingerprint density at radius 2 is 2.32 bits per heavy atom. The number of furan rings is 1. The molecule has 1 amide bonds. The summed E-state index contributed by atoms with van der Waals surface area (Å²) in [4.78, 5) is 15.2. The van der Waals surface area contributed by atoms with Crippen LogP contribution in [-0.4, -0.2) is 36.5 Å². The summed E-state index contributed by atoms with van der Waals surface area (Å²) in [6.45, 7) is 0.464. The Kier molecular flexibility index (Phi) is 6.18. The molecule has 2 rings (SSSR count). The lowest BCUT2D eigenvalue weighted by molar-refractivity contribution is 0.0972. The average Bonchev–Trinajstić information content (AvgIpc) is 3.01. The number of nitrogens with two attached hydrogens (primary N) is 1. The van der Waals surface area contributed by atoms with Gasteiger partial charge in [0.2, 0.25) is 0 Å². The van der Waals surface area contributed by atoms with Gasteiger partial charge in [0.15, 0.2) is 11.7 Å². The van der Waals surface area contributed by atoms with Gasteiger partial charge in [0.1, 0.15) is 5.76 Å². The number of amides is 1. The number of nitrogens with one attached hydrogen (secondary N) is 2. The number of thioether (sulfide) groups is 1. The van der Waals surface area contributed by atoms with Crippen molar-refractivity contribution in [1.82, 2.24) is 10.6 Å². The predicted octanol–water partition coefficient (Wildman–Crippen LogP) is 1.72. The van der Waals surface area contributed by atoms with E-state index in [1.54, 1.807) is 19.2 Å². The van der Waals surface area contributed by atoms with Crippen molar-refractivity contribution in [3.8, 4) is 0 Å². The number of rotatable bonds is 5. The third kappa shape index (κ3) is 4.69. The van der Waals surface area contributed by atoms with Crippen LogP contribution in [0.5, 0.6) is 0 Å². The van der Waals surface area contributed by atoms with Gasteiger partial charge in [-0.25, -0.2) is 0 Å². The van der Waals surface area contributed by atoms with Gasteiger partial charge in [-0.15, -0.1) is 0 Å². The lowest BCUT2D eigenvalue weighted by Crippen LogP contribution is -2.45. The number of primary amides is 1. The standard InChI is InChI=1S/C15H24N4O2S/c1-17-15(19-10-4-3-5-12(8-10)22-2)18-9-11-6-7-13(21-11)14(16)20/h6-7,10,12H,3-5,8-9H2,1-2H3,(H2,16,20)(H2,17,18,19). The Bertz CT molecular complexity index is 529.